The zero-order chi connectivity index (χ0) is 9.52. The van der Waals surface area contributed by atoms with Crippen molar-refractivity contribution in [3.8, 4) is 0 Å². The highest BCUT2D eigenvalue weighted by molar-refractivity contribution is 5.48. The predicted molar refractivity (Wildman–Crippen MR) is 49.6 cm³/mol. The number of hydrogen-bond acceptors (Lipinski definition) is 2. The Hall–Kier alpha value is -1.35. The largest absolute Gasteiger partial charge is 0.354 e. The van der Waals surface area contributed by atoms with Gasteiger partial charge in [0, 0.05) is 12.2 Å². The summed E-state index contributed by atoms with van der Waals surface area (Å²) in [5.74, 6) is 0. The lowest BCUT2D eigenvalue weighted by atomic mass is 10.2. The van der Waals surface area contributed by atoms with Gasteiger partial charge in [-0.2, -0.15) is 0 Å². The van der Waals surface area contributed by atoms with Crippen molar-refractivity contribution in [1.29, 1.82) is 0 Å². The molecule has 0 aromatic heterocycles. The van der Waals surface area contributed by atoms with Crippen molar-refractivity contribution < 1.29 is 9.53 Å². The Morgan fingerprint density at radius 2 is 2.15 bits per heavy atom. The maximum Gasteiger partial charge on any atom is 0.311 e. The molecular formula is C10H12NO2. The summed E-state index contributed by atoms with van der Waals surface area (Å²) in [7, 11) is 0. The number of carbonyl (C=O) groups excluding carboxylic acids is 1. The fraction of sp³-hybridized carbons (Fsp3) is 0.300. The summed E-state index contributed by atoms with van der Waals surface area (Å²) in [4.78, 5) is 10.1. The van der Waals surface area contributed by atoms with Crippen LogP contribution >= 0.6 is 0 Å². The van der Waals surface area contributed by atoms with E-state index in [1.807, 2.05) is 37.3 Å². The average Bonchev–Trinajstić information content (AvgIpc) is 2.19. The molecule has 1 aromatic rings. The highest BCUT2D eigenvalue weighted by Gasteiger charge is 2.08. The molecule has 1 atom stereocenters. The van der Waals surface area contributed by atoms with Crippen LogP contribution in [0, 0.1) is 0 Å². The van der Waals surface area contributed by atoms with Crippen LogP contribution in [0.1, 0.15) is 18.7 Å². The number of ether oxygens (including phenoxy) is 1. The van der Waals surface area contributed by atoms with Gasteiger partial charge in [-0.05, 0) is 6.92 Å². The first-order chi connectivity index (χ1) is 6.38. The molecule has 13 heavy (non-hydrogen) atoms. The number of benzene rings is 1. The van der Waals surface area contributed by atoms with E-state index in [2.05, 4.69) is 5.32 Å². The van der Waals surface area contributed by atoms with Gasteiger partial charge in [0.15, 0.2) is 6.23 Å². The minimum Gasteiger partial charge on any atom is -0.354 e. The maximum absolute atomic E-state index is 10.1. The summed E-state index contributed by atoms with van der Waals surface area (Å²) in [6.45, 7) is 2.43. The monoisotopic (exact) mass is 178 g/mol. The van der Waals surface area contributed by atoms with E-state index in [1.165, 1.54) is 0 Å². The standard InChI is InChI=1S/C10H12NO2/c1-2-13-10(11-8-12)9-6-4-3-5-7-9/h3-7,10H,2H2,1H3,(H,11,12). The molecule has 1 unspecified atom stereocenters. The van der Waals surface area contributed by atoms with E-state index in [0.717, 1.165) is 5.56 Å². The van der Waals surface area contributed by atoms with Crippen LogP contribution in [0.5, 0.6) is 0 Å². The van der Waals surface area contributed by atoms with Crippen molar-refractivity contribution in [2.24, 2.45) is 0 Å². The first-order valence-corrected chi connectivity index (χ1v) is 4.17. The van der Waals surface area contributed by atoms with Crippen LogP contribution in [0.4, 0.5) is 0 Å². The van der Waals surface area contributed by atoms with Crippen LogP contribution in [-0.4, -0.2) is 13.0 Å². The number of nitrogens with one attached hydrogen (secondary N) is 1. The summed E-state index contributed by atoms with van der Waals surface area (Å²) >= 11 is 0. The van der Waals surface area contributed by atoms with Gasteiger partial charge >= 0.3 is 6.41 Å². The van der Waals surface area contributed by atoms with Crippen molar-refractivity contribution in [2.45, 2.75) is 13.2 Å². The van der Waals surface area contributed by atoms with Gasteiger partial charge in [0.05, 0.1) is 0 Å². The predicted octanol–water partition coefficient (Wildman–Crippen LogP) is 1.38. The molecule has 69 valence electrons. The first kappa shape index (κ1) is 9.74. The lowest BCUT2D eigenvalue weighted by Crippen LogP contribution is -2.22. The topological polar surface area (TPSA) is 38.3 Å². The Balaban J connectivity index is 2.69. The fourth-order valence-electron chi connectivity index (χ4n) is 1.07. The molecule has 0 fully saturated rings. The Morgan fingerprint density at radius 3 is 2.69 bits per heavy atom. The molecule has 0 heterocycles. The van der Waals surface area contributed by atoms with E-state index in [0.29, 0.717) is 6.61 Å². The fourth-order valence-corrected chi connectivity index (χ4v) is 1.07. The van der Waals surface area contributed by atoms with Gasteiger partial charge in [0.2, 0.25) is 0 Å². The number of hydrogen-bond donors (Lipinski definition) is 1. The van der Waals surface area contributed by atoms with Crippen LogP contribution in [0.25, 0.3) is 0 Å². The maximum atomic E-state index is 10.1. The highest BCUT2D eigenvalue weighted by atomic mass is 16.5. The first-order valence-electron chi connectivity index (χ1n) is 4.17. The lowest BCUT2D eigenvalue weighted by molar-refractivity contribution is 0.0513. The molecule has 0 aliphatic carbocycles. The molecule has 1 rings (SSSR count). The number of amides is 1. The van der Waals surface area contributed by atoms with E-state index >= 15 is 0 Å². The normalized spacial score (nSPS) is 12.1. The molecule has 0 aliphatic heterocycles. The molecule has 0 aliphatic rings. The lowest BCUT2D eigenvalue weighted by Gasteiger charge is -2.15. The molecule has 1 aromatic carbocycles. The van der Waals surface area contributed by atoms with E-state index < -0.39 is 0 Å². The molecule has 0 saturated heterocycles. The van der Waals surface area contributed by atoms with Crippen LogP contribution in [0.2, 0.25) is 0 Å². The Kier molecular flexibility index (Phi) is 3.99. The molecule has 1 amide bonds. The summed E-state index contributed by atoms with van der Waals surface area (Å²) in [6, 6.07) is 9.49. The third-order valence-electron chi connectivity index (χ3n) is 1.63. The second kappa shape index (κ2) is 5.32. The second-order valence-corrected chi connectivity index (χ2v) is 2.49. The van der Waals surface area contributed by atoms with Crippen molar-refractivity contribution in [2.75, 3.05) is 6.61 Å². The van der Waals surface area contributed by atoms with E-state index in [1.54, 1.807) is 6.41 Å². The van der Waals surface area contributed by atoms with E-state index in [9.17, 15) is 4.79 Å². The highest BCUT2D eigenvalue weighted by Crippen LogP contribution is 2.12. The molecule has 0 bridgehead atoms. The summed E-state index contributed by atoms with van der Waals surface area (Å²) in [5.41, 5.74) is 0.924. The molecular weight excluding hydrogens is 166 g/mol. The Labute approximate surface area is 77.7 Å². The van der Waals surface area contributed by atoms with Crippen LogP contribution < -0.4 is 5.32 Å². The minimum atomic E-state index is -0.385. The van der Waals surface area contributed by atoms with Crippen LogP contribution in [0.3, 0.4) is 0 Å². The molecule has 0 saturated carbocycles. The van der Waals surface area contributed by atoms with Crippen LogP contribution in [0.15, 0.2) is 30.3 Å². The molecule has 1 N–H and O–H groups in total. The zero-order valence-electron chi connectivity index (χ0n) is 7.49. The average molecular weight is 178 g/mol. The zero-order valence-corrected chi connectivity index (χ0v) is 7.49. The van der Waals surface area contributed by atoms with Gasteiger partial charge in [-0.1, -0.05) is 30.3 Å². The van der Waals surface area contributed by atoms with Crippen molar-refractivity contribution >= 4 is 6.41 Å². The van der Waals surface area contributed by atoms with E-state index in [-0.39, 0.29) is 6.23 Å². The third kappa shape index (κ3) is 2.87. The van der Waals surface area contributed by atoms with Crippen molar-refractivity contribution in [3.63, 3.8) is 0 Å². The smallest absolute Gasteiger partial charge is 0.311 e. The van der Waals surface area contributed by atoms with Gasteiger partial charge in [0.1, 0.15) is 0 Å². The Morgan fingerprint density at radius 1 is 1.46 bits per heavy atom. The van der Waals surface area contributed by atoms with Gasteiger partial charge in [-0.3, -0.25) is 4.79 Å². The number of rotatable bonds is 5. The SMILES string of the molecule is CCOC(N[C]=O)c1ccccc1. The van der Waals surface area contributed by atoms with E-state index in [4.69, 9.17) is 4.74 Å². The summed E-state index contributed by atoms with van der Waals surface area (Å²) in [5, 5.41) is 2.47. The van der Waals surface area contributed by atoms with Gasteiger partial charge in [-0.25, -0.2) is 0 Å². The molecule has 1 radical (unpaired) electrons. The summed E-state index contributed by atoms with van der Waals surface area (Å²) in [6.07, 6.45) is 1.24. The molecule has 3 heteroatoms. The minimum absolute atomic E-state index is 0.385. The summed E-state index contributed by atoms with van der Waals surface area (Å²) < 4.78 is 5.29. The van der Waals surface area contributed by atoms with Gasteiger partial charge < -0.3 is 10.1 Å². The molecule has 3 nitrogen and oxygen atoms in total. The van der Waals surface area contributed by atoms with Gasteiger partial charge in [0.25, 0.3) is 0 Å². The van der Waals surface area contributed by atoms with Crippen LogP contribution in [-0.2, 0) is 9.53 Å². The van der Waals surface area contributed by atoms with Gasteiger partial charge in [-0.15, -0.1) is 0 Å². The quantitative estimate of drug-likeness (QED) is 0.546. The van der Waals surface area contributed by atoms with Crippen molar-refractivity contribution in [1.82, 2.24) is 5.32 Å². The molecule has 0 spiro atoms. The Bertz CT molecular complexity index is 248. The second-order valence-electron chi connectivity index (χ2n) is 2.49. The third-order valence-corrected chi connectivity index (χ3v) is 1.63. The van der Waals surface area contributed by atoms with Crippen molar-refractivity contribution in [3.05, 3.63) is 35.9 Å².